The molecule has 1 rings (SSSR count). The van der Waals surface area contributed by atoms with Crippen LogP contribution in [0.25, 0.3) is 0 Å². The van der Waals surface area contributed by atoms with Crippen molar-refractivity contribution in [3.05, 3.63) is 30.6 Å². The number of rotatable bonds is 5. The summed E-state index contributed by atoms with van der Waals surface area (Å²) >= 11 is 0. The van der Waals surface area contributed by atoms with Gasteiger partial charge in [0.1, 0.15) is 0 Å². The summed E-state index contributed by atoms with van der Waals surface area (Å²) < 4.78 is 43.7. The number of anilines is 1. The Kier molecular flexibility index (Phi) is 4.08. The molecule has 0 aliphatic carbocycles. The number of benzene rings is 1. The number of methoxy groups -OCH3 is 1. The summed E-state index contributed by atoms with van der Waals surface area (Å²) in [6.45, 7) is 3.43. The van der Waals surface area contributed by atoms with E-state index in [0.29, 0.717) is 0 Å². The first-order valence-corrected chi connectivity index (χ1v) is 6.14. The van der Waals surface area contributed by atoms with Crippen molar-refractivity contribution in [3.63, 3.8) is 0 Å². The maximum Gasteiger partial charge on any atom is 0.241 e. The van der Waals surface area contributed by atoms with Crippen LogP contribution in [-0.4, -0.2) is 22.1 Å². The highest BCUT2D eigenvalue weighted by atomic mass is 32.2. The molecule has 0 aliphatic rings. The molecule has 0 radical (unpaired) electrons. The Hall–Kier alpha value is -1.60. The van der Waals surface area contributed by atoms with Gasteiger partial charge < -0.3 is 10.5 Å². The number of hydrogen-bond acceptors (Lipinski definition) is 4. The Morgan fingerprint density at radius 3 is 2.71 bits per heavy atom. The van der Waals surface area contributed by atoms with Crippen LogP contribution < -0.4 is 15.2 Å². The third kappa shape index (κ3) is 2.95. The third-order valence-electron chi connectivity index (χ3n) is 1.98. The predicted molar refractivity (Wildman–Crippen MR) is 62.7 cm³/mol. The van der Waals surface area contributed by atoms with Crippen LogP contribution in [0.3, 0.4) is 0 Å². The van der Waals surface area contributed by atoms with Gasteiger partial charge in [-0.25, -0.2) is 17.5 Å². The lowest BCUT2D eigenvalue weighted by Gasteiger charge is -2.09. The number of ether oxygens (including phenoxy) is 1. The fourth-order valence-electron chi connectivity index (χ4n) is 1.21. The smallest absolute Gasteiger partial charge is 0.241 e. The number of nitrogen functional groups attached to an aromatic ring is 1. The molecule has 0 amide bonds. The van der Waals surface area contributed by atoms with Gasteiger partial charge in [-0.1, -0.05) is 6.08 Å². The summed E-state index contributed by atoms with van der Waals surface area (Å²) in [5.41, 5.74) is 5.40. The van der Waals surface area contributed by atoms with Crippen LogP contribution in [0, 0.1) is 5.82 Å². The first-order valence-electron chi connectivity index (χ1n) is 4.66. The molecule has 0 fully saturated rings. The molecular formula is C10H13FN2O3S. The molecule has 17 heavy (non-hydrogen) atoms. The van der Waals surface area contributed by atoms with Crippen molar-refractivity contribution >= 4 is 15.7 Å². The first-order chi connectivity index (χ1) is 7.92. The second-order valence-electron chi connectivity index (χ2n) is 3.17. The zero-order valence-corrected chi connectivity index (χ0v) is 10.1. The van der Waals surface area contributed by atoms with E-state index in [2.05, 4.69) is 11.3 Å². The van der Waals surface area contributed by atoms with E-state index in [1.54, 1.807) is 0 Å². The van der Waals surface area contributed by atoms with E-state index in [1.165, 1.54) is 13.2 Å². The van der Waals surface area contributed by atoms with Crippen molar-refractivity contribution in [2.24, 2.45) is 0 Å². The second-order valence-corrected chi connectivity index (χ2v) is 4.94. The molecule has 3 N–H and O–H groups in total. The highest BCUT2D eigenvalue weighted by Gasteiger charge is 2.18. The zero-order valence-electron chi connectivity index (χ0n) is 9.23. The first kappa shape index (κ1) is 13.5. The molecule has 0 aromatic heterocycles. The van der Waals surface area contributed by atoms with Gasteiger partial charge in [-0.05, 0) is 12.1 Å². The summed E-state index contributed by atoms with van der Waals surface area (Å²) in [7, 11) is -2.54. The molecule has 0 bridgehead atoms. The number of nitrogens with two attached hydrogens (primary N) is 1. The van der Waals surface area contributed by atoms with Crippen LogP contribution in [-0.2, 0) is 10.0 Å². The summed E-state index contributed by atoms with van der Waals surface area (Å²) in [4.78, 5) is -0.254. The Morgan fingerprint density at radius 1 is 1.59 bits per heavy atom. The summed E-state index contributed by atoms with van der Waals surface area (Å²) in [6.07, 6.45) is 1.38. The van der Waals surface area contributed by atoms with E-state index in [1.807, 2.05) is 0 Å². The number of hydrogen-bond donors (Lipinski definition) is 2. The number of halogens is 1. The second kappa shape index (κ2) is 5.15. The highest BCUT2D eigenvalue weighted by molar-refractivity contribution is 7.89. The molecule has 0 atom stereocenters. The van der Waals surface area contributed by atoms with Gasteiger partial charge >= 0.3 is 0 Å². The molecule has 0 saturated heterocycles. The van der Waals surface area contributed by atoms with E-state index in [4.69, 9.17) is 10.5 Å². The maximum absolute atomic E-state index is 13.4. The van der Waals surface area contributed by atoms with Crippen LogP contribution in [0.15, 0.2) is 29.7 Å². The van der Waals surface area contributed by atoms with Crippen molar-refractivity contribution < 1.29 is 17.5 Å². The molecule has 5 nitrogen and oxygen atoms in total. The predicted octanol–water partition coefficient (Wildman–Crippen LogP) is 0.881. The van der Waals surface area contributed by atoms with E-state index >= 15 is 0 Å². The standard InChI is InChI=1S/C10H13FN2O3S/c1-3-4-13-17(14,15)7-5-8(11)10(16-2)9(12)6-7/h3,5-6,13H,1,4,12H2,2H3. The molecule has 1 aromatic rings. The summed E-state index contributed by atoms with van der Waals surface area (Å²) in [5, 5.41) is 0. The van der Waals surface area contributed by atoms with Crippen LogP contribution in [0.1, 0.15) is 0 Å². The van der Waals surface area contributed by atoms with Crippen molar-refractivity contribution in [1.29, 1.82) is 0 Å². The molecular weight excluding hydrogens is 247 g/mol. The lowest BCUT2D eigenvalue weighted by atomic mass is 10.3. The quantitative estimate of drug-likeness (QED) is 0.608. The SMILES string of the molecule is C=CCNS(=O)(=O)c1cc(N)c(OC)c(F)c1. The highest BCUT2D eigenvalue weighted by Crippen LogP contribution is 2.28. The van der Waals surface area contributed by atoms with Crippen LogP contribution >= 0.6 is 0 Å². The normalized spacial score (nSPS) is 11.2. The largest absolute Gasteiger partial charge is 0.492 e. The van der Waals surface area contributed by atoms with Gasteiger partial charge in [0, 0.05) is 6.54 Å². The van der Waals surface area contributed by atoms with E-state index in [0.717, 1.165) is 12.1 Å². The van der Waals surface area contributed by atoms with Crippen molar-refractivity contribution in [1.82, 2.24) is 4.72 Å². The zero-order chi connectivity index (χ0) is 13.1. The Balaban J connectivity index is 3.21. The topological polar surface area (TPSA) is 81.4 Å². The average molecular weight is 260 g/mol. The van der Waals surface area contributed by atoms with Crippen molar-refractivity contribution in [2.75, 3.05) is 19.4 Å². The molecule has 0 aliphatic heterocycles. The Morgan fingerprint density at radius 2 is 2.24 bits per heavy atom. The summed E-state index contributed by atoms with van der Waals surface area (Å²) in [5.74, 6) is -1.00. The van der Waals surface area contributed by atoms with E-state index in [-0.39, 0.29) is 22.9 Å². The average Bonchev–Trinajstić information content (AvgIpc) is 2.26. The fourth-order valence-corrected chi connectivity index (χ4v) is 2.26. The maximum atomic E-state index is 13.4. The van der Waals surface area contributed by atoms with Gasteiger partial charge in [-0.15, -0.1) is 6.58 Å². The van der Waals surface area contributed by atoms with E-state index in [9.17, 15) is 12.8 Å². The fraction of sp³-hybridized carbons (Fsp3) is 0.200. The van der Waals surface area contributed by atoms with Gasteiger partial charge in [-0.3, -0.25) is 0 Å². The number of nitrogens with one attached hydrogen (secondary N) is 1. The molecule has 0 heterocycles. The summed E-state index contributed by atoms with van der Waals surface area (Å²) in [6, 6.07) is 1.98. The van der Waals surface area contributed by atoms with Crippen LogP contribution in [0.2, 0.25) is 0 Å². The van der Waals surface area contributed by atoms with Gasteiger partial charge in [0.15, 0.2) is 11.6 Å². The minimum absolute atomic E-state index is 0.0515. The number of sulfonamides is 1. The van der Waals surface area contributed by atoms with Gasteiger partial charge in [0.2, 0.25) is 10.0 Å². The minimum Gasteiger partial charge on any atom is -0.492 e. The van der Waals surface area contributed by atoms with Gasteiger partial charge in [-0.2, -0.15) is 0 Å². The van der Waals surface area contributed by atoms with Crippen LogP contribution in [0.4, 0.5) is 10.1 Å². The monoisotopic (exact) mass is 260 g/mol. The van der Waals surface area contributed by atoms with Crippen LogP contribution in [0.5, 0.6) is 5.75 Å². The van der Waals surface area contributed by atoms with E-state index < -0.39 is 15.8 Å². The molecule has 0 saturated carbocycles. The molecule has 1 aromatic carbocycles. The molecule has 0 unspecified atom stereocenters. The lowest BCUT2D eigenvalue weighted by molar-refractivity contribution is 0.388. The van der Waals surface area contributed by atoms with Gasteiger partial charge in [0.05, 0.1) is 17.7 Å². The molecule has 94 valence electrons. The third-order valence-corrected chi connectivity index (χ3v) is 3.38. The Labute approximate surface area is 99.1 Å². The van der Waals surface area contributed by atoms with Crippen molar-refractivity contribution in [2.45, 2.75) is 4.90 Å². The van der Waals surface area contributed by atoms with Gasteiger partial charge in [0.25, 0.3) is 0 Å². The minimum atomic E-state index is -3.79. The van der Waals surface area contributed by atoms with Crippen molar-refractivity contribution in [3.8, 4) is 5.75 Å². The lowest BCUT2D eigenvalue weighted by Crippen LogP contribution is -2.24. The molecule has 0 spiro atoms. The Bertz CT molecular complexity index is 505. The molecule has 7 heteroatoms.